The van der Waals surface area contributed by atoms with Gasteiger partial charge in [0.15, 0.2) is 0 Å². The minimum Gasteiger partial charge on any atom is -0.342 e. The average molecular weight is 286 g/mol. The number of nitrogens with zero attached hydrogens (tertiary/aromatic N) is 1. The molecule has 3 nitrogen and oxygen atoms in total. The second-order valence-corrected chi connectivity index (χ2v) is 6.67. The number of piperidine rings is 1. The van der Waals surface area contributed by atoms with Crippen LogP contribution in [0.5, 0.6) is 0 Å². The third kappa shape index (κ3) is 2.98. The van der Waals surface area contributed by atoms with Gasteiger partial charge in [0, 0.05) is 19.1 Å². The Bertz CT molecular complexity index is 504. The van der Waals surface area contributed by atoms with Crippen molar-refractivity contribution in [2.75, 3.05) is 13.1 Å². The highest BCUT2D eigenvalue weighted by molar-refractivity contribution is 5.84. The molecule has 1 aliphatic heterocycles. The van der Waals surface area contributed by atoms with E-state index in [1.807, 2.05) is 0 Å². The smallest absolute Gasteiger partial charge is 0.230 e. The molecule has 0 saturated carbocycles. The van der Waals surface area contributed by atoms with E-state index in [1.54, 1.807) is 0 Å². The zero-order valence-electron chi connectivity index (χ0n) is 12.9. The van der Waals surface area contributed by atoms with E-state index in [1.165, 1.54) is 11.1 Å². The van der Waals surface area contributed by atoms with Crippen molar-refractivity contribution in [3.05, 3.63) is 35.4 Å². The van der Waals surface area contributed by atoms with Crippen molar-refractivity contribution in [3.8, 4) is 0 Å². The topological polar surface area (TPSA) is 46.3 Å². The quantitative estimate of drug-likeness (QED) is 0.908. The molecule has 1 aromatic rings. The van der Waals surface area contributed by atoms with E-state index >= 15 is 0 Å². The Hall–Kier alpha value is -1.35. The summed E-state index contributed by atoms with van der Waals surface area (Å²) < 4.78 is 0. The van der Waals surface area contributed by atoms with E-state index in [-0.39, 0.29) is 12.0 Å². The Balaban J connectivity index is 1.70. The zero-order valence-corrected chi connectivity index (χ0v) is 12.9. The number of carbonyl (C=O) groups excluding carboxylic acids is 1. The molecule has 0 aromatic heterocycles. The van der Waals surface area contributed by atoms with Crippen LogP contribution >= 0.6 is 0 Å². The summed E-state index contributed by atoms with van der Waals surface area (Å²) in [5, 5.41) is 0. The Kier molecular flexibility index (Phi) is 4.29. The first-order valence-electron chi connectivity index (χ1n) is 8.29. The molecule has 1 aliphatic carbocycles. The Labute approximate surface area is 127 Å². The van der Waals surface area contributed by atoms with Gasteiger partial charge in [-0.3, -0.25) is 4.79 Å². The lowest BCUT2D eigenvalue weighted by Gasteiger charge is -2.37. The molecule has 3 rings (SSSR count). The Morgan fingerprint density at radius 1 is 1.24 bits per heavy atom. The van der Waals surface area contributed by atoms with Crippen LogP contribution in [-0.2, 0) is 11.2 Å². The van der Waals surface area contributed by atoms with Gasteiger partial charge in [-0.2, -0.15) is 0 Å². The fourth-order valence-corrected chi connectivity index (χ4v) is 3.88. The predicted molar refractivity (Wildman–Crippen MR) is 85.1 cm³/mol. The van der Waals surface area contributed by atoms with Crippen LogP contribution in [0.3, 0.4) is 0 Å². The summed E-state index contributed by atoms with van der Waals surface area (Å²) in [5.41, 5.74) is 8.63. The molecule has 2 N–H and O–H groups in total. The molecule has 21 heavy (non-hydrogen) atoms. The largest absolute Gasteiger partial charge is 0.342 e. The summed E-state index contributed by atoms with van der Waals surface area (Å²) in [6, 6.07) is 8.72. The monoisotopic (exact) mass is 286 g/mol. The van der Waals surface area contributed by atoms with Gasteiger partial charge in [0.05, 0.1) is 5.92 Å². The van der Waals surface area contributed by atoms with Crippen molar-refractivity contribution in [2.24, 2.45) is 11.7 Å². The van der Waals surface area contributed by atoms with Crippen molar-refractivity contribution >= 4 is 5.91 Å². The molecular formula is C18H26N2O. The van der Waals surface area contributed by atoms with Gasteiger partial charge in [0.2, 0.25) is 5.91 Å². The first-order chi connectivity index (χ1) is 10.2. The highest BCUT2D eigenvalue weighted by Crippen LogP contribution is 2.34. The van der Waals surface area contributed by atoms with Crippen LogP contribution in [0.25, 0.3) is 0 Å². The van der Waals surface area contributed by atoms with Gasteiger partial charge in [-0.15, -0.1) is 0 Å². The Morgan fingerprint density at radius 3 is 2.67 bits per heavy atom. The molecule has 3 heteroatoms. The number of hydrogen-bond donors (Lipinski definition) is 1. The lowest BCUT2D eigenvalue weighted by atomic mass is 9.81. The summed E-state index contributed by atoms with van der Waals surface area (Å²) in [7, 11) is 0. The summed E-state index contributed by atoms with van der Waals surface area (Å²) in [6.07, 6.45) is 5.36. The first-order valence-corrected chi connectivity index (χ1v) is 8.29. The molecule has 1 fully saturated rings. The highest BCUT2D eigenvalue weighted by Gasteiger charge is 2.32. The number of nitrogens with two attached hydrogens (primary N) is 1. The molecule has 1 heterocycles. The van der Waals surface area contributed by atoms with Gasteiger partial charge in [0.25, 0.3) is 0 Å². The van der Waals surface area contributed by atoms with Crippen molar-refractivity contribution in [2.45, 2.75) is 51.0 Å². The number of benzene rings is 1. The van der Waals surface area contributed by atoms with Crippen molar-refractivity contribution in [1.82, 2.24) is 4.90 Å². The summed E-state index contributed by atoms with van der Waals surface area (Å²) in [4.78, 5) is 15.0. The van der Waals surface area contributed by atoms with E-state index in [2.05, 4.69) is 36.1 Å². The van der Waals surface area contributed by atoms with E-state index in [4.69, 9.17) is 5.73 Å². The number of rotatable bonds is 2. The summed E-state index contributed by atoms with van der Waals surface area (Å²) in [5.74, 6) is 1.000. The average Bonchev–Trinajstić information content (AvgIpc) is 2.53. The molecule has 1 amide bonds. The maximum atomic E-state index is 12.9. The van der Waals surface area contributed by atoms with Gasteiger partial charge in [-0.25, -0.2) is 0 Å². The number of amides is 1. The number of aryl methyl sites for hydroxylation is 1. The molecular weight excluding hydrogens is 260 g/mol. The molecule has 114 valence electrons. The van der Waals surface area contributed by atoms with Crippen molar-refractivity contribution in [3.63, 3.8) is 0 Å². The minimum atomic E-state index is 0.0850. The van der Waals surface area contributed by atoms with Crippen LogP contribution in [0.15, 0.2) is 24.3 Å². The van der Waals surface area contributed by atoms with E-state index in [9.17, 15) is 4.79 Å². The lowest BCUT2D eigenvalue weighted by Crippen LogP contribution is -2.44. The molecule has 2 aliphatic rings. The number of hydrogen-bond acceptors (Lipinski definition) is 2. The maximum Gasteiger partial charge on any atom is 0.230 e. The SMILES string of the molecule is CC(N)C1CCN(C(=O)C2CCCc3ccccc32)CC1. The number of likely N-dealkylation sites (tertiary alicyclic amines) is 1. The molecule has 2 unspecified atom stereocenters. The van der Waals surface area contributed by atoms with Gasteiger partial charge >= 0.3 is 0 Å². The zero-order chi connectivity index (χ0) is 14.8. The van der Waals surface area contributed by atoms with Crippen LogP contribution in [0, 0.1) is 5.92 Å². The fourth-order valence-electron chi connectivity index (χ4n) is 3.88. The minimum absolute atomic E-state index is 0.0850. The summed E-state index contributed by atoms with van der Waals surface area (Å²) in [6.45, 7) is 3.84. The van der Waals surface area contributed by atoms with Crippen molar-refractivity contribution < 1.29 is 4.79 Å². The molecule has 0 spiro atoms. The van der Waals surface area contributed by atoms with Crippen molar-refractivity contribution in [1.29, 1.82) is 0 Å². The molecule has 2 atom stereocenters. The number of fused-ring (bicyclic) bond motifs is 1. The van der Waals surface area contributed by atoms with E-state index in [0.29, 0.717) is 11.8 Å². The van der Waals surface area contributed by atoms with Gasteiger partial charge < -0.3 is 10.6 Å². The normalized spacial score (nSPS) is 24.5. The third-order valence-corrected chi connectivity index (χ3v) is 5.26. The van der Waals surface area contributed by atoms with Crippen LogP contribution in [0.2, 0.25) is 0 Å². The number of carbonyl (C=O) groups is 1. The molecule has 0 radical (unpaired) electrons. The van der Waals surface area contributed by atoms with Gasteiger partial charge in [0.1, 0.15) is 0 Å². The molecule has 1 aromatic carbocycles. The predicted octanol–water partition coefficient (Wildman–Crippen LogP) is 2.69. The molecule has 1 saturated heterocycles. The van der Waals surface area contributed by atoms with Gasteiger partial charge in [-0.1, -0.05) is 24.3 Å². The van der Waals surface area contributed by atoms with E-state index < -0.39 is 0 Å². The second kappa shape index (κ2) is 6.18. The molecule has 0 bridgehead atoms. The fraction of sp³-hybridized carbons (Fsp3) is 0.611. The Morgan fingerprint density at radius 2 is 1.95 bits per heavy atom. The standard InChI is InChI=1S/C18H26N2O/c1-13(19)14-9-11-20(12-10-14)18(21)17-8-4-6-15-5-2-3-7-16(15)17/h2-3,5,7,13-14,17H,4,6,8-12,19H2,1H3. The van der Waals surface area contributed by atoms with Crippen LogP contribution < -0.4 is 5.73 Å². The van der Waals surface area contributed by atoms with Crippen LogP contribution in [0.1, 0.15) is 49.7 Å². The van der Waals surface area contributed by atoms with Gasteiger partial charge in [-0.05, 0) is 56.1 Å². The lowest BCUT2D eigenvalue weighted by molar-refractivity contribution is -0.134. The van der Waals surface area contributed by atoms with Crippen LogP contribution in [0.4, 0.5) is 0 Å². The highest BCUT2D eigenvalue weighted by atomic mass is 16.2. The second-order valence-electron chi connectivity index (χ2n) is 6.67. The van der Waals surface area contributed by atoms with Crippen LogP contribution in [-0.4, -0.2) is 29.9 Å². The summed E-state index contributed by atoms with van der Waals surface area (Å²) >= 11 is 0. The first kappa shape index (κ1) is 14.6. The maximum absolute atomic E-state index is 12.9. The van der Waals surface area contributed by atoms with E-state index in [0.717, 1.165) is 45.2 Å². The third-order valence-electron chi connectivity index (χ3n) is 5.26.